The number of rotatable bonds is 14. The number of unbranched alkanes of at least 4 members (excludes halogenated alkanes) is 5. The first-order valence-electron chi connectivity index (χ1n) is 10.6. The highest BCUT2D eigenvalue weighted by atomic mass is 16.6. The summed E-state index contributed by atoms with van der Waals surface area (Å²) >= 11 is 0. The Balaban J connectivity index is 2.52. The molecule has 0 bridgehead atoms. The van der Waals surface area contributed by atoms with Crippen molar-refractivity contribution in [2.75, 3.05) is 7.11 Å². The molecule has 1 rings (SSSR count). The maximum atomic E-state index is 11.4. The molecular weight excluding hydrogens is 362 g/mol. The Morgan fingerprint density at radius 1 is 1.25 bits per heavy atom. The quantitative estimate of drug-likeness (QED) is 0.152. The van der Waals surface area contributed by atoms with Gasteiger partial charge in [-0.15, -0.1) is 0 Å². The Morgan fingerprint density at radius 2 is 1.96 bits per heavy atom. The van der Waals surface area contributed by atoms with Crippen LogP contribution < -0.4 is 0 Å². The average Bonchev–Trinajstić information content (AvgIpc) is 2.98. The molecule has 2 N–H and O–H groups in total. The highest BCUT2D eigenvalue weighted by Gasteiger charge is 2.48. The Morgan fingerprint density at radius 3 is 2.61 bits per heavy atom. The number of esters is 1. The fourth-order valence-electron chi connectivity index (χ4n) is 4.11. The molecule has 0 radical (unpaired) electrons. The molecular formula is C21H37NO6. The van der Waals surface area contributed by atoms with Gasteiger partial charge in [0.25, 0.3) is 0 Å². The third kappa shape index (κ3) is 8.69. The van der Waals surface area contributed by atoms with Crippen LogP contribution in [-0.2, 0) is 9.53 Å². The van der Waals surface area contributed by atoms with Gasteiger partial charge in [0.2, 0.25) is 6.04 Å². The summed E-state index contributed by atoms with van der Waals surface area (Å²) < 4.78 is 4.61. The zero-order valence-electron chi connectivity index (χ0n) is 17.3. The second-order valence-electron chi connectivity index (χ2n) is 7.88. The minimum atomic E-state index is -0.943. The van der Waals surface area contributed by atoms with E-state index in [-0.39, 0.29) is 22.7 Å². The molecule has 7 heteroatoms. The number of ether oxygens (including phenoxy) is 1. The summed E-state index contributed by atoms with van der Waals surface area (Å²) in [5.74, 6) is -0.513. The third-order valence-corrected chi connectivity index (χ3v) is 5.72. The summed E-state index contributed by atoms with van der Waals surface area (Å²) in [5, 5.41) is 31.7. The molecule has 0 spiro atoms. The van der Waals surface area contributed by atoms with Crippen LogP contribution >= 0.6 is 0 Å². The zero-order valence-corrected chi connectivity index (χ0v) is 17.3. The van der Waals surface area contributed by atoms with Crippen molar-refractivity contribution in [2.24, 2.45) is 11.8 Å². The van der Waals surface area contributed by atoms with E-state index in [1.54, 1.807) is 6.08 Å². The highest BCUT2D eigenvalue weighted by Crippen LogP contribution is 2.38. The van der Waals surface area contributed by atoms with Crippen LogP contribution in [-0.4, -0.2) is 46.5 Å². The van der Waals surface area contributed by atoms with E-state index in [1.807, 2.05) is 6.08 Å². The molecule has 1 aliphatic rings. The van der Waals surface area contributed by atoms with E-state index in [9.17, 15) is 25.1 Å². The Labute approximate surface area is 168 Å². The van der Waals surface area contributed by atoms with Gasteiger partial charge >= 0.3 is 5.97 Å². The second kappa shape index (κ2) is 13.7. The number of hydrogen-bond acceptors (Lipinski definition) is 6. The maximum Gasteiger partial charge on any atom is 0.305 e. The number of nitrogens with zero attached hydrogens (tertiary/aromatic N) is 1. The lowest BCUT2D eigenvalue weighted by molar-refractivity contribution is -0.539. The van der Waals surface area contributed by atoms with E-state index >= 15 is 0 Å². The van der Waals surface area contributed by atoms with Gasteiger partial charge in [0, 0.05) is 17.3 Å². The summed E-state index contributed by atoms with van der Waals surface area (Å²) in [7, 11) is 1.37. The van der Waals surface area contributed by atoms with Gasteiger partial charge < -0.3 is 14.9 Å². The van der Waals surface area contributed by atoms with Crippen molar-refractivity contribution in [1.29, 1.82) is 0 Å². The van der Waals surface area contributed by atoms with E-state index in [4.69, 9.17) is 0 Å². The molecule has 3 unspecified atom stereocenters. The van der Waals surface area contributed by atoms with Crippen molar-refractivity contribution in [3.05, 3.63) is 22.3 Å². The summed E-state index contributed by atoms with van der Waals surface area (Å²) in [6.45, 7) is 2.11. The van der Waals surface area contributed by atoms with Crippen LogP contribution in [0.5, 0.6) is 0 Å². The molecule has 1 fully saturated rings. The van der Waals surface area contributed by atoms with Gasteiger partial charge in [-0.2, -0.15) is 0 Å². The van der Waals surface area contributed by atoms with Crippen LogP contribution in [0.3, 0.4) is 0 Å². The second-order valence-corrected chi connectivity index (χ2v) is 7.88. The topological polar surface area (TPSA) is 110 Å². The monoisotopic (exact) mass is 399 g/mol. The van der Waals surface area contributed by atoms with Gasteiger partial charge in [-0.1, -0.05) is 57.6 Å². The molecule has 162 valence electrons. The van der Waals surface area contributed by atoms with Gasteiger partial charge in [0.05, 0.1) is 13.2 Å². The predicted octanol–water partition coefficient (Wildman–Crippen LogP) is 3.64. The smallest absolute Gasteiger partial charge is 0.305 e. The number of methoxy groups -OCH3 is 1. The van der Waals surface area contributed by atoms with Gasteiger partial charge in [0.15, 0.2) is 0 Å². The summed E-state index contributed by atoms with van der Waals surface area (Å²) in [6, 6.07) is -0.943. The lowest BCUT2D eigenvalue weighted by Crippen LogP contribution is -2.34. The van der Waals surface area contributed by atoms with Gasteiger partial charge in [-0.05, 0) is 31.6 Å². The lowest BCUT2D eigenvalue weighted by Gasteiger charge is -2.18. The molecule has 0 aromatic carbocycles. The number of hydrogen-bond donors (Lipinski definition) is 2. The standard InChI is InChI=1S/C21H37NO6/c1-3-4-7-10-17(23)14-13-16-15-19(24)21(22(26)27)18(16)11-8-5-6-9-12-20(25)28-2/h13-14,16-19,21,23-24H,3-12,15H2,1-2H3/b14-13+/t16-,17?,18-,19?,21?/m0/s1. The molecule has 0 saturated heterocycles. The maximum absolute atomic E-state index is 11.4. The highest BCUT2D eigenvalue weighted by molar-refractivity contribution is 5.68. The van der Waals surface area contributed by atoms with E-state index < -0.39 is 18.2 Å². The van der Waals surface area contributed by atoms with Gasteiger partial charge in [-0.3, -0.25) is 14.9 Å². The number of aliphatic hydroxyl groups excluding tert-OH is 2. The normalized spacial score (nSPS) is 25.9. The predicted molar refractivity (Wildman–Crippen MR) is 107 cm³/mol. The Hall–Kier alpha value is -1.47. The van der Waals surface area contributed by atoms with Crippen LogP contribution in [0.2, 0.25) is 0 Å². The molecule has 0 heterocycles. The minimum Gasteiger partial charge on any atom is -0.469 e. The van der Waals surface area contributed by atoms with Gasteiger partial charge in [0.1, 0.15) is 6.10 Å². The number of allylic oxidation sites excluding steroid dienone is 1. The fraction of sp³-hybridized carbons (Fsp3) is 0.857. The van der Waals surface area contributed by atoms with E-state index in [0.29, 0.717) is 25.7 Å². The van der Waals surface area contributed by atoms with E-state index in [1.165, 1.54) is 7.11 Å². The molecule has 0 aromatic rings. The van der Waals surface area contributed by atoms with E-state index in [0.717, 1.165) is 44.9 Å². The summed E-state index contributed by atoms with van der Waals surface area (Å²) in [5.41, 5.74) is 0. The first-order chi connectivity index (χ1) is 13.4. The van der Waals surface area contributed by atoms with Crippen molar-refractivity contribution in [3.63, 3.8) is 0 Å². The zero-order chi connectivity index (χ0) is 20.9. The first kappa shape index (κ1) is 24.6. The molecule has 28 heavy (non-hydrogen) atoms. The third-order valence-electron chi connectivity index (χ3n) is 5.72. The lowest BCUT2D eigenvalue weighted by atomic mass is 9.87. The molecule has 0 amide bonds. The first-order valence-corrected chi connectivity index (χ1v) is 10.6. The summed E-state index contributed by atoms with van der Waals surface area (Å²) in [6.07, 6.45) is 10.8. The minimum absolute atomic E-state index is 0.0821. The molecule has 0 aromatic heterocycles. The number of carbonyl (C=O) groups is 1. The van der Waals surface area contributed by atoms with Crippen molar-refractivity contribution >= 4 is 5.97 Å². The average molecular weight is 400 g/mol. The van der Waals surface area contributed by atoms with Crippen LogP contribution in [0.15, 0.2) is 12.2 Å². The largest absolute Gasteiger partial charge is 0.469 e. The van der Waals surface area contributed by atoms with Crippen molar-refractivity contribution < 1.29 is 24.7 Å². The molecule has 1 aliphatic carbocycles. The van der Waals surface area contributed by atoms with Crippen LogP contribution in [0.25, 0.3) is 0 Å². The SMILES string of the molecule is CCCCCC(O)/C=C/[C@H]1CC(O)C([N+](=O)[O-])[C@H]1CCCCCCC(=O)OC. The van der Waals surface area contributed by atoms with Crippen LogP contribution in [0.1, 0.15) is 77.6 Å². The summed E-state index contributed by atoms with van der Waals surface area (Å²) in [4.78, 5) is 22.2. The number of nitro groups is 1. The Bertz CT molecular complexity index is 495. The Kier molecular flexibility index (Phi) is 12.0. The van der Waals surface area contributed by atoms with Crippen LogP contribution in [0, 0.1) is 22.0 Å². The van der Waals surface area contributed by atoms with Crippen molar-refractivity contribution in [1.82, 2.24) is 0 Å². The van der Waals surface area contributed by atoms with Crippen molar-refractivity contribution in [2.45, 2.75) is 95.8 Å². The molecule has 0 aliphatic heterocycles. The molecule has 7 nitrogen and oxygen atoms in total. The van der Waals surface area contributed by atoms with Gasteiger partial charge in [-0.25, -0.2) is 0 Å². The number of aliphatic hydroxyl groups is 2. The van der Waals surface area contributed by atoms with E-state index in [2.05, 4.69) is 11.7 Å². The molecule has 5 atom stereocenters. The van der Waals surface area contributed by atoms with Crippen molar-refractivity contribution in [3.8, 4) is 0 Å². The molecule has 1 saturated carbocycles. The van der Waals surface area contributed by atoms with Crippen LogP contribution in [0.4, 0.5) is 0 Å². The number of carbonyl (C=O) groups excluding carboxylic acids is 1. The fourth-order valence-corrected chi connectivity index (χ4v) is 4.11.